The van der Waals surface area contributed by atoms with Crippen molar-refractivity contribution in [1.82, 2.24) is 0 Å². The van der Waals surface area contributed by atoms with Crippen LogP contribution in [0.15, 0.2) is 66.9 Å². The summed E-state index contributed by atoms with van der Waals surface area (Å²) in [7, 11) is 0. The van der Waals surface area contributed by atoms with Gasteiger partial charge in [-0.2, -0.15) is 4.57 Å². The van der Waals surface area contributed by atoms with Crippen molar-refractivity contribution >= 4 is 23.2 Å². The van der Waals surface area contributed by atoms with Gasteiger partial charge in [0.2, 0.25) is 6.04 Å². The van der Waals surface area contributed by atoms with E-state index in [1.165, 1.54) is 0 Å². The Morgan fingerprint density at radius 3 is 2.14 bits per heavy atom. The van der Waals surface area contributed by atoms with Crippen LogP contribution in [0.2, 0.25) is 0 Å². The zero-order chi connectivity index (χ0) is 19.8. The molecule has 0 fully saturated rings. The number of nitrogens with one attached hydrogen (secondary N) is 1. The van der Waals surface area contributed by atoms with Crippen molar-refractivity contribution in [3.05, 3.63) is 94.8 Å². The second-order valence-corrected chi connectivity index (χ2v) is 6.88. The highest BCUT2D eigenvalue weighted by molar-refractivity contribution is 6.28. The highest BCUT2D eigenvalue weighted by atomic mass is 16.2. The summed E-state index contributed by atoms with van der Waals surface area (Å²) in [5, 5.41) is 2.85. The number of nitrogens with zero attached hydrogens (tertiary/aromatic N) is 1. The summed E-state index contributed by atoms with van der Waals surface area (Å²) in [6.07, 6.45) is 1.85. The Morgan fingerprint density at radius 1 is 0.857 bits per heavy atom. The molecule has 28 heavy (non-hydrogen) atoms. The molecule has 1 heterocycles. The first-order valence-corrected chi connectivity index (χ1v) is 9.07. The average Bonchev–Trinajstić information content (AvgIpc) is 2.72. The van der Waals surface area contributed by atoms with E-state index in [0.717, 1.165) is 5.69 Å². The predicted molar refractivity (Wildman–Crippen MR) is 104 cm³/mol. The van der Waals surface area contributed by atoms with Gasteiger partial charge in [-0.15, -0.1) is 0 Å². The Morgan fingerprint density at radius 2 is 1.46 bits per heavy atom. The van der Waals surface area contributed by atoms with Crippen LogP contribution in [0, 0.1) is 6.92 Å². The lowest BCUT2D eigenvalue weighted by atomic mass is 9.84. The molecule has 0 unspecified atom stereocenters. The summed E-state index contributed by atoms with van der Waals surface area (Å²) >= 11 is 0. The zero-order valence-electron chi connectivity index (χ0n) is 15.6. The summed E-state index contributed by atoms with van der Waals surface area (Å²) in [6.45, 7) is 3.75. The lowest BCUT2D eigenvalue weighted by Gasteiger charge is -2.18. The molecule has 1 aliphatic rings. The molecule has 3 aromatic rings. The third-order valence-electron chi connectivity index (χ3n) is 5.09. The molecule has 1 aliphatic carbocycles. The molecule has 2 aromatic carbocycles. The Bertz CT molecular complexity index is 1130. The van der Waals surface area contributed by atoms with Gasteiger partial charge in [0.25, 0.3) is 5.91 Å². The number of amides is 1. The molecule has 0 aliphatic heterocycles. The van der Waals surface area contributed by atoms with Crippen LogP contribution >= 0.6 is 0 Å². The number of ketones is 2. The SMILES string of the molecule is Cc1cccc[n+]1[C@@H](C)C(=O)Nc1ccc2c(c1)C(=O)c1ccccc1C2=O. The van der Waals surface area contributed by atoms with Crippen molar-refractivity contribution in [2.75, 3.05) is 5.32 Å². The largest absolute Gasteiger partial charge is 0.320 e. The Hall–Kier alpha value is -3.60. The van der Waals surface area contributed by atoms with Crippen LogP contribution in [0.1, 0.15) is 50.5 Å². The van der Waals surface area contributed by atoms with Crippen LogP contribution in [0.4, 0.5) is 5.69 Å². The van der Waals surface area contributed by atoms with Crippen molar-refractivity contribution < 1.29 is 19.0 Å². The average molecular weight is 371 g/mol. The summed E-state index contributed by atoms with van der Waals surface area (Å²) < 4.78 is 1.87. The van der Waals surface area contributed by atoms with Gasteiger partial charge in [0, 0.05) is 53.9 Å². The van der Waals surface area contributed by atoms with Crippen LogP contribution in [-0.4, -0.2) is 17.5 Å². The Balaban J connectivity index is 1.63. The summed E-state index contributed by atoms with van der Waals surface area (Å²) in [6, 6.07) is 16.9. The van der Waals surface area contributed by atoms with Crippen LogP contribution in [0.5, 0.6) is 0 Å². The van der Waals surface area contributed by atoms with E-state index in [1.807, 2.05) is 42.8 Å². The van der Waals surface area contributed by atoms with E-state index in [2.05, 4.69) is 5.32 Å². The molecule has 5 heteroatoms. The molecular formula is C23H19N2O3+. The van der Waals surface area contributed by atoms with Crippen LogP contribution < -0.4 is 9.88 Å². The fourth-order valence-electron chi connectivity index (χ4n) is 3.53. The highest BCUT2D eigenvalue weighted by Crippen LogP contribution is 2.29. The molecule has 1 amide bonds. The molecule has 0 saturated heterocycles. The van der Waals surface area contributed by atoms with E-state index < -0.39 is 6.04 Å². The first-order valence-electron chi connectivity index (χ1n) is 9.07. The number of pyridine rings is 1. The number of aryl methyl sites for hydroxylation is 1. The van der Waals surface area contributed by atoms with Crippen molar-refractivity contribution in [3.8, 4) is 0 Å². The highest BCUT2D eigenvalue weighted by Gasteiger charge is 2.30. The number of hydrogen-bond donors (Lipinski definition) is 1. The van der Waals surface area contributed by atoms with E-state index in [1.54, 1.807) is 42.5 Å². The number of aromatic nitrogens is 1. The standard InChI is InChI=1S/C23H18N2O3/c1-14-7-5-6-12-25(14)15(2)23(28)24-16-10-11-19-20(13-16)22(27)18-9-4-3-8-17(18)21(19)26/h3-13,15H,1-2H3/p+1/t15-/m0/s1. The van der Waals surface area contributed by atoms with Crippen molar-refractivity contribution in [2.45, 2.75) is 19.9 Å². The third-order valence-corrected chi connectivity index (χ3v) is 5.09. The molecular weight excluding hydrogens is 352 g/mol. The number of carbonyl (C=O) groups excluding carboxylic acids is 3. The number of rotatable bonds is 3. The van der Waals surface area contributed by atoms with Gasteiger partial charge in [0.05, 0.1) is 0 Å². The molecule has 1 atom stereocenters. The minimum Gasteiger partial charge on any atom is -0.320 e. The van der Waals surface area contributed by atoms with E-state index in [0.29, 0.717) is 27.9 Å². The molecule has 5 nitrogen and oxygen atoms in total. The van der Waals surface area contributed by atoms with Crippen molar-refractivity contribution in [1.29, 1.82) is 0 Å². The first-order chi connectivity index (χ1) is 13.5. The lowest BCUT2D eigenvalue weighted by Crippen LogP contribution is -2.46. The topological polar surface area (TPSA) is 67.1 Å². The molecule has 1 N–H and O–H groups in total. The van der Waals surface area contributed by atoms with E-state index in [-0.39, 0.29) is 17.5 Å². The minimum absolute atomic E-state index is 0.174. The monoisotopic (exact) mass is 371 g/mol. The molecule has 0 bridgehead atoms. The number of carbonyl (C=O) groups is 3. The van der Waals surface area contributed by atoms with E-state index in [4.69, 9.17) is 0 Å². The molecule has 4 rings (SSSR count). The van der Waals surface area contributed by atoms with Gasteiger partial charge >= 0.3 is 0 Å². The second kappa shape index (κ2) is 6.85. The minimum atomic E-state index is -0.421. The number of anilines is 1. The molecule has 0 saturated carbocycles. The Labute approximate surface area is 162 Å². The molecule has 0 spiro atoms. The van der Waals surface area contributed by atoms with Crippen LogP contribution in [0.3, 0.4) is 0 Å². The fraction of sp³-hybridized carbons (Fsp3) is 0.130. The summed E-state index contributed by atoms with van der Waals surface area (Å²) in [5.41, 5.74) is 2.95. The second-order valence-electron chi connectivity index (χ2n) is 6.88. The molecule has 1 aromatic heterocycles. The first kappa shape index (κ1) is 17.8. The van der Waals surface area contributed by atoms with Gasteiger partial charge in [0.1, 0.15) is 0 Å². The van der Waals surface area contributed by atoms with E-state index >= 15 is 0 Å². The third kappa shape index (κ3) is 2.91. The van der Waals surface area contributed by atoms with Crippen LogP contribution in [0.25, 0.3) is 0 Å². The number of hydrogen-bond acceptors (Lipinski definition) is 3. The van der Waals surface area contributed by atoms with Gasteiger partial charge in [-0.1, -0.05) is 30.3 Å². The van der Waals surface area contributed by atoms with Gasteiger partial charge in [-0.3, -0.25) is 14.4 Å². The maximum Gasteiger partial charge on any atom is 0.293 e. The van der Waals surface area contributed by atoms with E-state index in [9.17, 15) is 14.4 Å². The fourth-order valence-corrected chi connectivity index (χ4v) is 3.53. The summed E-state index contributed by atoms with van der Waals surface area (Å²) in [4.78, 5) is 38.2. The predicted octanol–water partition coefficient (Wildman–Crippen LogP) is 3.26. The quantitative estimate of drug-likeness (QED) is 0.562. The van der Waals surface area contributed by atoms with Crippen molar-refractivity contribution in [3.63, 3.8) is 0 Å². The van der Waals surface area contributed by atoms with Gasteiger partial charge < -0.3 is 5.32 Å². The smallest absolute Gasteiger partial charge is 0.293 e. The van der Waals surface area contributed by atoms with Crippen molar-refractivity contribution in [2.24, 2.45) is 0 Å². The molecule has 0 radical (unpaired) electrons. The maximum atomic E-state index is 12.8. The maximum absolute atomic E-state index is 12.8. The van der Waals surface area contributed by atoms with Gasteiger partial charge in [-0.05, 0) is 18.2 Å². The normalized spacial score (nSPS) is 13.5. The molecule has 138 valence electrons. The number of benzene rings is 2. The number of fused-ring (bicyclic) bond motifs is 2. The zero-order valence-corrected chi connectivity index (χ0v) is 15.6. The van der Waals surface area contributed by atoms with Gasteiger partial charge in [0.15, 0.2) is 23.5 Å². The Kier molecular flexibility index (Phi) is 4.35. The van der Waals surface area contributed by atoms with Gasteiger partial charge in [-0.25, -0.2) is 0 Å². The van der Waals surface area contributed by atoms with Crippen LogP contribution in [-0.2, 0) is 4.79 Å². The lowest BCUT2D eigenvalue weighted by molar-refractivity contribution is -0.711. The summed E-state index contributed by atoms with van der Waals surface area (Å²) in [5.74, 6) is -0.580.